The summed E-state index contributed by atoms with van der Waals surface area (Å²) in [6, 6.07) is 10.0. The third-order valence-corrected chi connectivity index (χ3v) is 3.14. The van der Waals surface area contributed by atoms with Crippen molar-refractivity contribution >= 4 is 5.91 Å². The number of carbonyl (C=O) groups excluding carboxylic acids is 1. The Morgan fingerprint density at radius 1 is 1.40 bits per heavy atom. The number of hydrogen-bond acceptors (Lipinski definition) is 1. The Morgan fingerprint density at radius 2 is 2.00 bits per heavy atom. The maximum absolute atomic E-state index is 11.7. The average Bonchev–Trinajstić information content (AvgIpc) is 2.86. The summed E-state index contributed by atoms with van der Waals surface area (Å²) in [7, 11) is 0. The third kappa shape index (κ3) is 2.38. The van der Waals surface area contributed by atoms with Gasteiger partial charge in [0.05, 0.1) is 0 Å². The van der Waals surface area contributed by atoms with Crippen molar-refractivity contribution in [3.8, 4) is 0 Å². The van der Waals surface area contributed by atoms with E-state index < -0.39 is 0 Å². The molecule has 1 saturated carbocycles. The molecule has 1 aromatic carbocycles. The van der Waals surface area contributed by atoms with Crippen LogP contribution in [-0.4, -0.2) is 5.91 Å². The molecule has 0 saturated heterocycles. The molecule has 1 aliphatic carbocycles. The zero-order valence-corrected chi connectivity index (χ0v) is 9.29. The van der Waals surface area contributed by atoms with Crippen LogP contribution in [0.1, 0.15) is 25.8 Å². The predicted octanol–water partition coefficient (Wildman–Crippen LogP) is 2.35. The largest absolute Gasteiger partial charge is 0.352 e. The molecule has 1 aromatic rings. The van der Waals surface area contributed by atoms with E-state index in [1.54, 1.807) is 0 Å². The zero-order chi connectivity index (χ0) is 10.9. The predicted molar refractivity (Wildman–Crippen MR) is 60.2 cm³/mol. The molecule has 2 heteroatoms. The Kier molecular flexibility index (Phi) is 2.51. The van der Waals surface area contributed by atoms with E-state index in [1.165, 1.54) is 0 Å². The van der Waals surface area contributed by atoms with Gasteiger partial charge in [0.2, 0.25) is 5.91 Å². The van der Waals surface area contributed by atoms with Crippen LogP contribution in [0.4, 0.5) is 0 Å². The van der Waals surface area contributed by atoms with Crippen molar-refractivity contribution < 1.29 is 4.79 Å². The highest BCUT2D eigenvalue weighted by molar-refractivity contribution is 5.82. The van der Waals surface area contributed by atoms with Gasteiger partial charge in [0.1, 0.15) is 0 Å². The van der Waals surface area contributed by atoms with E-state index in [1.807, 2.05) is 30.3 Å². The maximum atomic E-state index is 11.7. The lowest BCUT2D eigenvalue weighted by Gasteiger charge is -2.06. The van der Waals surface area contributed by atoms with Crippen molar-refractivity contribution in [1.29, 1.82) is 0 Å². The molecule has 2 rings (SSSR count). The second-order valence-electron chi connectivity index (χ2n) is 4.95. The highest BCUT2D eigenvalue weighted by Gasteiger charge is 2.50. The first-order chi connectivity index (χ1) is 7.09. The van der Waals surface area contributed by atoms with Crippen molar-refractivity contribution in [2.45, 2.75) is 26.8 Å². The first-order valence-corrected chi connectivity index (χ1v) is 5.41. The molecule has 0 radical (unpaired) electrons. The van der Waals surface area contributed by atoms with Gasteiger partial charge in [-0.25, -0.2) is 0 Å². The molecule has 0 spiro atoms. The molecule has 1 fully saturated rings. The molecule has 15 heavy (non-hydrogen) atoms. The van der Waals surface area contributed by atoms with Crippen LogP contribution in [0.3, 0.4) is 0 Å². The van der Waals surface area contributed by atoms with Crippen LogP contribution in [0.25, 0.3) is 0 Å². The fourth-order valence-corrected chi connectivity index (χ4v) is 1.82. The summed E-state index contributed by atoms with van der Waals surface area (Å²) >= 11 is 0. The summed E-state index contributed by atoms with van der Waals surface area (Å²) in [5.41, 5.74) is 1.38. The molecule has 0 heterocycles. The molecule has 1 atom stereocenters. The molecular weight excluding hydrogens is 186 g/mol. The van der Waals surface area contributed by atoms with E-state index in [-0.39, 0.29) is 17.2 Å². The monoisotopic (exact) mass is 203 g/mol. The first kappa shape index (κ1) is 10.2. The van der Waals surface area contributed by atoms with Crippen LogP contribution in [0.15, 0.2) is 30.3 Å². The smallest absolute Gasteiger partial charge is 0.223 e. The molecule has 1 N–H and O–H groups in total. The van der Waals surface area contributed by atoms with Gasteiger partial charge in [0.15, 0.2) is 0 Å². The van der Waals surface area contributed by atoms with Gasteiger partial charge < -0.3 is 5.32 Å². The molecule has 0 aliphatic heterocycles. The summed E-state index contributed by atoms with van der Waals surface area (Å²) in [5.74, 6) is 0.421. The van der Waals surface area contributed by atoms with Crippen molar-refractivity contribution in [3.63, 3.8) is 0 Å². The number of carbonyl (C=O) groups is 1. The molecule has 1 aliphatic rings. The van der Waals surface area contributed by atoms with Crippen LogP contribution >= 0.6 is 0 Å². The number of hydrogen-bond donors (Lipinski definition) is 1. The van der Waals surface area contributed by atoms with Gasteiger partial charge in [-0.3, -0.25) is 4.79 Å². The van der Waals surface area contributed by atoms with E-state index in [4.69, 9.17) is 0 Å². The van der Waals surface area contributed by atoms with Crippen LogP contribution in [0, 0.1) is 11.3 Å². The SMILES string of the molecule is CC1(C)CC1C(=O)NCc1ccccc1. The van der Waals surface area contributed by atoms with E-state index in [0.717, 1.165) is 12.0 Å². The Hall–Kier alpha value is -1.31. The summed E-state index contributed by atoms with van der Waals surface area (Å²) in [6.45, 7) is 4.92. The normalized spacial score (nSPS) is 22.1. The molecular formula is C13H17NO. The topological polar surface area (TPSA) is 29.1 Å². The van der Waals surface area contributed by atoms with E-state index in [2.05, 4.69) is 19.2 Å². The second kappa shape index (κ2) is 3.69. The minimum atomic E-state index is 0.198. The van der Waals surface area contributed by atoms with Gasteiger partial charge in [0, 0.05) is 12.5 Å². The molecule has 1 amide bonds. The van der Waals surface area contributed by atoms with Gasteiger partial charge in [0.25, 0.3) is 0 Å². The van der Waals surface area contributed by atoms with Crippen LogP contribution in [0.5, 0.6) is 0 Å². The van der Waals surface area contributed by atoms with Crippen molar-refractivity contribution in [2.24, 2.45) is 11.3 Å². The Bertz CT molecular complexity index is 356. The number of nitrogens with one attached hydrogen (secondary N) is 1. The van der Waals surface area contributed by atoms with Gasteiger partial charge in [-0.05, 0) is 17.4 Å². The Balaban J connectivity index is 1.82. The average molecular weight is 203 g/mol. The first-order valence-electron chi connectivity index (χ1n) is 5.41. The van der Waals surface area contributed by atoms with E-state index in [0.29, 0.717) is 6.54 Å². The lowest BCUT2D eigenvalue weighted by molar-refractivity contribution is -0.123. The fraction of sp³-hybridized carbons (Fsp3) is 0.462. The highest BCUT2D eigenvalue weighted by Crippen LogP contribution is 2.51. The maximum Gasteiger partial charge on any atom is 0.223 e. The van der Waals surface area contributed by atoms with Gasteiger partial charge >= 0.3 is 0 Å². The number of rotatable bonds is 3. The lowest BCUT2D eigenvalue weighted by atomic mass is 10.1. The summed E-state index contributed by atoms with van der Waals surface area (Å²) in [4.78, 5) is 11.7. The highest BCUT2D eigenvalue weighted by atomic mass is 16.2. The molecule has 80 valence electrons. The van der Waals surface area contributed by atoms with Crippen molar-refractivity contribution in [2.75, 3.05) is 0 Å². The fourth-order valence-electron chi connectivity index (χ4n) is 1.82. The summed E-state index contributed by atoms with van der Waals surface area (Å²) < 4.78 is 0. The summed E-state index contributed by atoms with van der Waals surface area (Å²) in [6.07, 6.45) is 1.02. The van der Waals surface area contributed by atoms with Gasteiger partial charge in [-0.15, -0.1) is 0 Å². The molecule has 1 unspecified atom stereocenters. The van der Waals surface area contributed by atoms with E-state index in [9.17, 15) is 4.79 Å². The zero-order valence-electron chi connectivity index (χ0n) is 9.29. The second-order valence-corrected chi connectivity index (χ2v) is 4.95. The minimum Gasteiger partial charge on any atom is -0.352 e. The van der Waals surface area contributed by atoms with E-state index >= 15 is 0 Å². The van der Waals surface area contributed by atoms with Crippen LogP contribution in [-0.2, 0) is 11.3 Å². The van der Waals surface area contributed by atoms with Crippen molar-refractivity contribution in [3.05, 3.63) is 35.9 Å². The van der Waals surface area contributed by atoms with Crippen LogP contribution in [0.2, 0.25) is 0 Å². The molecule has 0 bridgehead atoms. The standard InChI is InChI=1S/C13H17NO/c1-13(2)8-11(13)12(15)14-9-10-6-4-3-5-7-10/h3-7,11H,8-9H2,1-2H3,(H,14,15). The minimum absolute atomic E-state index is 0.198. The third-order valence-electron chi connectivity index (χ3n) is 3.14. The Labute approximate surface area is 90.7 Å². The number of amides is 1. The number of benzene rings is 1. The quantitative estimate of drug-likeness (QED) is 0.802. The lowest BCUT2D eigenvalue weighted by Crippen LogP contribution is -2.25. The van der Waals surface area contributed by atoms with Gasteiger partial charge in [-0.1, -0.05) is 44.2 Å². The molecule has 2 nitrogen and oxygen atoms in total. The van der Waals surface area contributed by atoms with Gasteiger partial charge in [-0.2, -0.15) is 0 Å². The van der Waals surface area contributed by atoms with Crippen molar-refractivity contribution in [1.82, 2.24) is 5.32 Å². The van der Waals surface area contributed by atoms with Crippen LogP contribution < -0.4 is 5.32 Å². The Morgan fingerprint density at radius 3 is 2.53 bits per heavy atom. The molecule has 0 aromatic heterocycles. The summed E-state index contributed by atoms with van der Waals surface area (Å²) in [5, 5.41) is 2.98.